The molecule has 1 aromatic heterocycles. The molecule has 2 fully saturated rings. The fourth-order valence-corrected chi connectivity index (χ4v) is 4.15. The number of H-pyrrole nitrogens is 1. The zero-order valence-corrected chi connectivity index (χ0v) is 16.0. The highest BCUT2D eigenvalue weighted by molar-refractivity contribution is 5.92. The quantitative estimate of drug-likeness (QED) is 0.836. The lowest BCUT2D eigenvalue weighted by Crippen LogP contribution is -2.42. The lowest BCUT2D eigenvalue weighted by molar-refractivity contribution is -0.127. The second kappa shape index (κ2) is 8.50. The Morgan fingerprint density at radius 3 is 2.50 bits per heavy atom. The third-order valence-corrected chi connectivity index (χ3v) is 5.74. The van der Waals surface area contributed by atoms with Gasteiger partial charge in [0.2, 0.25) is 5.91 Å². The van der Waals surface area contributed by atoms with Crippen molar-refractivity contribution in [1.29, 1.82) is 0 Å². The average Bonchev–Trinajstić information content (AvgIpc) is 3.41. The van der Waals surface area contributed by atoms with Crippen molar-refractivity contribution in [3.05, 3.63) is 54.4 Å². The molecular weight excluding hydrogens is 354 g/mol. The number of para-hydroxylation sites is 1. The number of amides is 2. The minimum atomic E-state index is 0.000294. The first-order valence-corrected chi connectivity index (χ1v) is 10.1. The second-order valence-corrected chi connectivity index (χ2v) is 7.73. The number of nitrogens with zero attached hydrogens (tertiary/aromatic N) is 1. The molecule has 1 aliphatic heterocycles. The molecule has 28 heavy (non-hydrogen) atoms. The van der Waals surface area contributed by atoms with Crippen molar-refractivity contribution in [2.75, 3.05) is 13.1 Å². The van der Waals surface area contributed by atoms with Gasteiger partial charge in [-0.25, -0.2) is 0 Å². The van der Waals surface area contributed by atoms with E-state index in [4.69, 9.17) is 4.74 Å². The second-order valence-electron chi connectivity index (χ2n) is 7.73. The summed E-state index contributed by atoms with van der Waals surface area (Å²) in [6.45, 7) is 1.26. The SMILES string of the molecule is O=C(N[C@@H]1CCN(C(=O)c2ccc[nH]2)C1)C1CCC(Oc2ccccc2)CC1. The first kappa shape index (κ1) is 18.6. The number of benzene rings is 1. The Labute approximate surface area is 165 Å². The van der Waals surface area contributed by atoms with Crippen molar-refractivity contribution in [2.45, 2.75) is 44.2 Å². The number of rotatable bonds is 5. The van der Waals surface area contributed by atoms with Crippen LogP contribution in [0.5, 0.6) is 5.75 Å². The van der Waals surface area contributed by atoms with Crippen LogP contribution < -0.4 is 10.1 Å². The molecule has 6 heteroatoms. The normalized spacial score (nSPS) is 24.7. The maximum Gasteiger partial charge on any atom is 0.270 e. The van der Waals surface area contributed by atoms with E-state index in [-0.39, 0.29) is 29.9 Å². The molecule has 1 saturated heterocycles. The van der Waals surface area contributed by atoms with Crippen LogP contribution in [0.25, 0.3) is 0 Å². The molecule has 2 amide bonds. The van der Waals surface area contributed by atoms with Gasteiger partial charge < -0.3 is 19.9 Å². The summed E-state index contributed by atoms with van der Waals surface area (Å²) in [6.07, 6.45) is 6.24. The fraction of sp³-hybridized carbons (Fsp3) is 0.455. The lowest BCUT2D eigenvalue weighted by atomic mass is 9.86. The van der Waals surface area contributed by atoms with Gasteiger partial charge in [-0.1, -0.05) is 18.2 Å². The Morgan fingerprint density at radius 2 is 1.79 bits per heavy atom. The molecule has 1 atom stereocenters. The van der Waals surface area contributed by atoms with Crippen molar-refractivity contribution >= 4 is 11.8 Å². The number of likely N-dealkylation sites (tertiary alicyclic amines) is 1. The first-order chi connectivity index (χ1) is 13.7. The van der Waals surface area contributed by atoms with E-state index in [9.17, 15) is 9.59 Å². The molecule has 6 nitrogen and oxygen atoms in total. The number of hydrogen-bond donors (Lipinski definition) is 2. The number of carbonyl (C=O) groups excluding carboxylic acids is 2. The van der Waals surface area contributed by atoms with Gasteiger partial charge in [-0.05, 0) is 56.4 Å². The maximum atomic E-state index is 12.7. The van der Waals surface area contributed by atoms with Gasteiger partial charge in [-0.3, -0.25) is 9.59 Å². The van der Waals surface area contributed by atoms with Crippen molar-refractivity contribution < 1.29 is 14.3 Å². The number of hydrogen-bond acceptors (Lipinski definition) is 3. The van der Waals surface area contributed by atoms with Gasteiger partial charge in [0.1, 0.15) is 11.4 Å². The third kappa shape index (κ3) is 4.38. The molecular formula is C22H27N3O3. The average molecular weight is 381 g/mol. The van der Waals surface area contributed by atoms with E-state index < -0.39 is 0 Å². The summed E-state index contributed by atoms with van der Waals surface area (Å²) in [5, 5.41) is 3.16. The van der Waals surface area contributed by atoms with Crippen molar-refractivity contribution in [3.63, 3.8) is 0 Å². The van der Waals surface area contributed by atoms with Gasteiger partial charge in [0.25, 0.3) is 5.91 Å². The Morgan fingerprint density at radius 1 is 1.00 bits per heavy atom. The summed E-state index contributed by atoms with van der Waals surface area (Å²) in [5.74, 6) is 1.06. The first-order valence-electron chi connectivity index (χ1n) is 10.1. The zero-order valence-electron chi connectivity index (χ0n) is 16.0. The van der Waals surface area contributed by atoms with E-state index >= 15 is 0 Å². The highest BCUT2D eigenvalue weighted by Gasteiger charge is 2.32. The smallest absolute Gasteiger partial charge is 0.270 e. The van der Waals surface area contributed by atoms with Crippen molar-refractivity contribution in [2.24, 2.45) is 5.92 Å². The molecule has 2 aliphatic rings. The largest absolute Gasteiger partial charge is 0.490 e. The Bertz CT molecular complexity index is 783. The summed E-state index contributed by atoms with van der Waals surface area (Å²) in [4.78, 5) is 29.8. The van der Waals surface area contributed by atoms with Gasteiger partial charge in [-0.2, -0.15) is 0 Å². The molecule has 2 heterocycles. The maximum absolute atomic E-state index is 12.7. The zero-order chi connectivity index (χ0) is 19.3. The molecule has 0 bridgehead atoms. The van der Waals surface area contributed by atoms with Crippen molar-refractivity contribution in [3.8, 4) is 5.75 Å². The standard InChI is InChI=1S/C22H27N3O3/c26-21(16-8-10-19(11-9-16)28-18-5-2-1-3-6-18)24-17-12-14-25(15-17)22(27)20-7-4-13-23-20/h1-7,13,16-17,19,23H,8-12,14-15H2,(H,24,26)/t16?,17-,19?/m1/s1. The monoisotopic (exact) mass is 381 g/mol. The number of aromatic amines is 1. The van der Waals surface area contributed by atoms with Crippen LogP contribution in [-0.2, 0) is 4.79 Å². The summed E-state index contributed by atoms with van der Waals surface area (Å²) in [5.41, 5.74) is 0.601. The molecule has 4 rings (SSSR count). The molecule has 1 saturated carbocycles. The Hall–Kier alpha value is -2.76. The summed E-state index contributed by atoms with van der Waals surface area (Å²) in [7, 11) is 0. The van der Waals surface area contributed by atoms with E-state index in [1.54, 1.807) is 17.2 Å². The predicted molar refractivity (Wildman–Crippen MR) is 106 cm³/mol. The molecule has 0 radical (unpaired) electrons. The van der Waals surface area contributed by atoms with Gasteiger partial charge in [0, 0.05) is 31.2 Å². The van der Waals surface area contributed by atoms with E-state index in [2.05, 4.69) is 10.3 Å². The highest BCUT2D eigenvalue weighted by Crippen LogP contribution is 2.28. The molecule has 2 aromatic rings. The molecule has 0 unspecified atom stereocenters. The van der Waals surface area contributed by atoms with Crippen LogP contribution in [0.4, 0.5) is 0 Å². The minimum absolute atomic E-state index is 0.000294. The Balaban J connectivity index is 1.21. The molecule has 2 N–H and O–H groups in total. The third-order valence-electron chi connectivity index (χ3n) is 5.74. The van der Waals surface area contributed by atoms with Crippen molar-refractivity contribution in [1.82, 2.24) is 15.2 Å². The predicted octanol–water partition coefficient (Wildman–Crippen LogP) is 2.98. The van der Waals surface area contributed by atoms with Gasteiger partial charge in [0.15, 0.2) is 0 Å². The summed E-state index contributed by atoms with van der Waals surface area (Å²) < 4.78 is 6.01. The lowest BCUT2D eigenvalue weighted by Gasteiger charge is -2.29. The van der Waals surface area contributed by atoms with Crippen LogP contribution in [0.1, 0.15) is 42.6 Å². The highest BCUT2D eigenvalue weighted by atomic mass is 16.5. The Kier molecular flexibility index (Phi) is 5.65. The summed E-state index contributed by atoms with van der Waals surface area (Å²) in [6, 6.07) is 13.5. The van der Waals surface area contributed by atoms with Crippen LogP contribution in [-0.4, -0.2) is 46.9 Å². The van der Waals surface area contributed by atoms with Gasteiger partial charge in [0.05, 0.1) is 6.10 Å². The number of aromatic nitrogens is 1. The number of ether oxygens (including phenoxy) is 1. The topological polar surface area (TPSA) is 74.4 Å². The molecule has 1 aromatic carbocycles. The van der Waals surface area contributed by atoms with E-state index in [0.29, 0.717) is 18.8 Å². The van der Waals surface area contributed by atoms with E-state index in [0.717, 1.165) is 37.9 Å². The minimum Gasteiger partial charge on any atom is -0.490 e. The van der Waals surface area contributed by atoms with Crippen LogP contribution in [0.2, 0.25) is 0 Å². The van der Waals surface area contributed by atoms with Crippen LogP contribution in [0.3, 0.4) is 0 Å². The number of carbonyl (C=O) groups is 2. The van der Waals surface area contributed by atoms with E-state index in [1.807, 2.05) is 36.4 Å². The number of nitrogens with one attached hydrogen (secondary N) is 2. The molecule has 148 valence electrons. The van der Waals surface area contributed by atoms with Crippen LogP contribution in [0, 0.1) is 5.92 Å². The van der Waals surface area contributed by atoms with Gasteiger partial charge in [-0.15, -0.1) is 0 Å². The van der Waals surface area contributed by atoms with Crippen LogP contribution in [0.15, 0.2) is 48.7 Å². The van der Waals surface area contributed by atoms with Crippen LogP contribution >= 0.6 is 0 Å². The van der Waals surface area contributed by atoms with E-state index in [1.165, 1.54) is 0 Å². The molecule has 1 aliphatic carbocycles. The van der Waals surface area contributed by atoms with Gasteiger partial charge >= 0.3 is 0 Å². The molecule has 0 spiro atoms. The summed E-state index contributed by atoms with van der Waals surface area (Å²) >= 11 is 0. The fourth-order valence-electron chi connectivity index (χ4n) is 4.15.